The minimum absolute atomic E-state index is 0.265. The number of rotatable bonds is 0. The van der Waals surface area contributed by atoms with Crippen molar-refractivity contribution < 1.29 is 1.37 Å². The van der Waals surface area contributed by atoms with Crippen molar-refractivity contribution in [2.75, 3.05) is 0 Å². The average Bonchev–Trinajstić information content (AvgIpc) is 1.90. The molecule has 1 heterocycles. The highest BCUT2D eigenvalue weighted by Gasteiger charge is 1.74. The first-order valence-electron chi connectivity index (χ1n) is 2.67. The first-order chi connectivity index (χ1) is 3.93. The molecule has 0 aliphatic carbocycles. The first kappa shape index (κ1) is 3.13. The van der Waals surface area contributed by atoms with E-state index < -0.39 is 0 Å². The lowest BCUT2D eigenvalue weighted by atomic mass is 10.4. The fraction of sp³-hybridized carbons (Fsp3) is 0.200. The van der Waals surface area contributed by atoms with Gasteiger partial charge in [-0.15, -0.1) is 0 Å². The summed E-state index contributed by atoms with van der Waals surface area (Å²) in [5, 5.41) is 0. The molecule has 0 aliphatic heterocycles. The van der Waals surface area contributed by atoms with Crippen LogP contribution in [-0.4, -0.2) is 9.97 Å². The van der Waals surface area contributed by atoms with Crippen molar-refractivity contribution in [3.05, 3.63) is 24.3 Å². The van der Waals surface area contributed by atoms with E-state index in [2.05, 4.69) is 9.97 Å². The van der Waals surface area contributed by atoms with Crippen molar-refractivity contribution in [3.63, 3.8) is 0 Å². The Balaban J connectivity index is 2.83. The molecule has 0 fully saturated rings. The van der Waals surface area contributed by atoms with E-state index in [0.29, 0.717) is 0 Å². The number of hydrogen-bond donors (Lipinski definition) is 0. The molecule has 1 aromatic heterocycles. The Kier molecular flexibility index (Phi) is 0.754. The summed E-state index contributed by atoms with van der Waals surface area (Å²) in [5.74, 6) is 0. The van der Waals surface area contributed by atoms with Gasteiger partial charge in [0.15, 0.2) is 0 Å². The van der Waals surface area contributed by atoms with Crippen molar-refractivity contribution in [2.45, 2.75) is 6.90 Å². The van der Waals surface area contributed by atoms with Crippen molar-refractivity contribution in [2.24, 2.45) is 0 Å². The lowest BCUT2D eigenvalue weighted by Crippen LogP contribution is -1.75. The third-order valence-corrected chi connectivity index (χ3v) is 0.614. The molecular formula is C5H6N2. The van der Waals surface area contributed by atoms with Gasteiger partial charge in [-0.25, -0.2) is 9.97 Å². The Bertz CT molecular complexity index is 152. The zero-order valence-corrected chi connectivity index (χ0v) is 3.83. The molecular weight excluding hydrogens is 88.1 g/mol. The Labute approximate surface area is 43.6 Å². The number of aromatic nitrogens is 2. The van der Waals surface area contributed by atoms with E-state index >= 15 is 0 Å². The third kappa shape index (κ3) is 0.961. The van der Waals surface area contributed by atoms with Gasteiger partial charge in [0.25, 0.3) is 0 Å². The maximum atomic E-state index is 6.86. The third-order valence-electron chi connectivity index (χ3n) is 0.614. The van der Waals surface area contributed by atoms with Gasteiger partial charge in [-0.05, 0) is 12.5 Å². The molecule has 0 atom stereocenters. The van der Waals surface area contributed by atoms with Crippen LogP contribution in [0.5, 0.6) is 0 Å². The average molecular weight is 95.1 g/mol. The smallest absolute Gasteiger partial charge is 0.115 e. The van der Waals surface area contributed by atoms with Crippen LogP contribution in [0, 0.1) is 6.90 Å². The van der Waals surface area contributed by atoms with Crippen molar-refractivity contribution >= 4 is 0 Å². The second-order valence-electron chi connectivity index (χ2n) is 1.25. The number of hydrogen-bond acceptors (Lipinski definition) is 2. The lowest BCUT2D eigenvalue weighted by Gasteiger charge is -1.81. The van der Waals surface area contributed by atoms with Crippen LogP contribution in [0.4, 0.5) is 0 Å². The molecule has 0 spiro atoms. The Morgan fingerprint density at radius 2 is 2.29 bits per heavy atom. The summed E-state index contributed by atoms with van der Waals surface area (Å²) in [7, 11) is 0. The van der Waals surface area contributed by atoms with Gasteiger partial charge in [-0.3, -0.25) is 0 Å². The van der Waals surface area contributed by atoms with Gasteiger partial charge in [-0.1, -0.05) is 0 Å². The fourth-order valence-corrected chi connectivity index (χ4v) is 0.330. The van der Waals surface area contributed by atoms with Gasteiger partial charge in [0, 0.05) is 13.8 Å². The SMILES string of the molecule is [2H]Cc1cncnc1. The van der Waals surface area contributed by atoms with Crippen molar-refractivity contribution in [1.29, 1.82) is 0 Å². The zero-order chi connectivity index (χ0) is 5.82. The summed E-state index contributed by atoms with van der Waals surface area (Å²) in [6, 6.07) is 0. The van der Waals surface area contributed by atoms with Crippen LogP contribution in [0.25, 0.3) is 0 Å². The lowest BCUT2D eigenvalue weighted by molar-refractivity contribution is 1.13. The molecule has 0 radical (unpaired) electrons. The van der Waals surface area contributed by atoms with E-state index in [1.807, 2.05) is 0 Å². The molecule has 0 aliphatic rings. The predicted molar refractivity (Wildman–Crippen MR) is 26.8 cm³/mol. The molecule has 7 heavy (non-hydrogen) atoms. The molecule has 1 rings (SSSR count). The van der Waals surface area contributed by atoms with Gasteiger partial charge < -0.3 is 0 Å². The topological polar surface area (TPSA) is 25.8 Å². The highest BCUT2D eigenvalue weighted by Crippen LogP contribution is 1.84. The minimum Gasteiger partial charge on any atom is -0.245 e. The molecule has 0 saturated carbocycles. The molecule has 0 saturated heterocycles. The highest BCUT2D eigenvalue weighted by atomic mass is 14.8. The van der Waals surface area contributed by atoms with Crippen LogP contribution in [0.1, 0.15) is 6.93 Å². The van der Waals surface area contributed by atoms with Crippen LogP contribution in [-0.2, 0) is 0 Å². The molecule has 0 amide bonds. The molecule has 0 bridgehead atoms. The molecule has 36 valence electrons. The number of aryl methyl sites for hydroxylation is 1. The molecule has 1 aromatic rings. The largest absolute Gasteiger partial charge is 0.245 e. The maximum Gasteiger partial charge on any atom is 0.115 e. The summed E-state index contributed by atoms with van der Waals surface area (Å²) >= 11 is 0. The summed E-state index contributed by atoms with van der Waals surface area (Å²) in [5.41, 5.74) is 0.854. The van der Waals surface area contributed by atoms with Gasteiger partial charge in [-0.2, -0.15) is 0 Å². The number of nitrogens with zero attached hydrogens (tertiary/aromatic N) is 2. The van der Waals surface area contributed by atoms with Gasteiger partial charge >= 0.3 is 0 Å². The highest BCUT2D eigenvalue weighted by molar-refractivity contribution is 4.96. The van der Waals surface area contributed by atoms with Crippen LogP contribution >= 0.6 is 0 Å². The van der Waals surface area contributed by atoms with E-state index in [-0.39, 0.29) is 6.90 Å². The molecule has 0 unspecified atom stereocenters. The van der Waals surface area contributed by atoms with Crippen molar-refractivity contribution in [1.82, 2.24) is 9.97 Å². The standard InChI is InChI=1S/C5H6N2/c1-5-2-6-4-7-3-5/h2-4H,1H3/i1D. The minimum atomic E-state index is 0.265. The van der Waals surface area contributed by atoms with E-state index in [1.54, 1.807) is 12.4 Å². The predicted octanol–water partition coefficient (Wildman–Crippen LogP) is 0.785. The second kappa shape index (κ2) is 1.69. The van der Waals surface area contributed by atoms with Crippen molar-refractivity contribution in [3.8, 4) is 0 Å². The van der Waals surface area contributed by atoms with Crippen LogP contribution in [0.3, 0.4) is 0 Å². The normalized spacial score (nSPS) is 10.6. The van der Waals surface area contributed by atoms with Crippen LogP contribution < -0.4 is 0 Å². The Hall–Kier alpha value is -0.920. The summed E-state index contributed by atoms with van der Waals surface area (Å²) in [6.07, 6.45) is 4.74. The van der Waals surface area contributed by atoms with Crippen LogP contribution in [0.15, 0.2) is 18.7 Å². The van der Waals surface area contributed by atoms with E-state index in [1.165, 1.54) is 6.33 Å². The van der Waals surface area contributed by atoms with Gasteiger partial charge in [0.2, 0.25) is 0 Å². The monoisotopic (exact) mass is 95.1 g/mol. The summed E-state index contributed by atoms with van der Waals surface area (Å²) in [6.45, 7) is 0.265. The zero-order valence-electron chi connectivity index (χ0n) is 4.83. The van der Waals surface area contributed by atoms with E-state index in [9.17, 15) is 0 Å². The Morgan fingerprint density at radius 1 is 1.57 bits per heavy atom. The first-order valence-corrected chi connectivity index (χ1v) is 1.96. The van der Waals surface area contributed by atoms with Crippen LogP contribution in [0.2, 0.25) is 0 Å². The summed E-state index contributed by atoms with van der Waals surface area (Å²) < 4.78 is 6.86. The fourth-order valence-electron chi connectivity index (χ4n) is 0.330. The molecule has 0 N–H and O–H groups in total. The van der Waals surface area contributed by atoms with E-state index in [0.717, 1.165) is 5.56 Å². The quantitative estimate of drug-likeness (QED) is 0.476. The molecule has 0 aromatic carbocycles. The second-order valence-corrected chi connectivity index (χ2v) is 1.25. The maximum absolute atomic E-state index is 6.86. The van der Waals surface area contributed by atoms with Gasteiger partial charge in [0.05, 0.1) is 0 Å². The Morgan fingerprint density at radius 3 is 2.71 bits per heavy atom. The summed E-state index contributed by atoms with van der Waals surface area (Å²) in [4.78, 5) is 7.45. The molecule has 2 nitrogen and oxygen atoms in total. The molecule has 2 heteroatoms. The van der Waals surface area contributed by atoms with Gasteiger partial charge in [0.1, 0.15) is 6.33 Å². The van der Waals surface area contributed by atoms with E-state index in [4.69, 9.17) is 1.37 Å².